The van der Waals surface area contributed by atoms with E-state index in [0.717, 1.165) is 17.7 Å². The molecule has 1 aliphatic heterocycles. The van der Waals surface area contributed by atoms with E-state index in [1.54, 1.807) is 6.07 Å². The van der Waals surface area contributed by atoms with Crippen molar-refractivity contribution in [2.45, 2.75) is 45.6 Å². The fraction of sp³-hybridized carbons (Fsp3) is 0.478. The molecule has 2 heterocycles. The molecule has 0 atom stereocenters. The Morgan fingerprint density at radius 1 is 1.03 bits per heavy atom. The first kappa shape index (κ1) is 23.8. The number of hydrogen-bond acceptors (Lipinski definition) is 4. The van der Waals surface area contributed by atoms with Gasteiger partial charge < -0.3 is 15.4 Å². The molecule has 0 radical (unpaired) electrons. The van der Waals surface area contributed by atoms with Gasteiger partial charge in [0, 0.05) is 31.9 Å². The monoisotopic (exact) mass is 449 g/mol. The zero-order valence-corrected chi connectivity index (χ0v) is 18.3. The van der Waals surface area contributed by atoms with Gasteiger partial charge in [-0.3, -0.25) is 4.90 Å². The van der Waals surface area contributed by atoms with Crippen molar-refractivity contribution in [1.29, 1.82) is 0 Å². The summed E-state index contributed by atoms with van der Waals surface area (Å²) < 4.78 is 41.3. The van der Waals surface area contributed by atoms with Crippen LogP contribution in [0.1, 0.15) is 36.5 Å². The van der Waals surface area contributed by atoms with Gasteiger partial charge in [-0.2, -0.15) is 13.2 Å². The van der Waals surface area contributed by atoms with E-state index in [2.05, 4.69) is 54.5 Å². The quantitative estimate of drug-likeness (QED) is 0.450. The molecule has 0 amide bonds. The lowest BCUT2D eigenvalue weighted by atomic mass is 10.1. The fourth-order valence-corrected chi connectivity index (χ4v) is 3.40. The summed E-state index contributed by atoms with van der Waals surface area (Å²) in [7, 11) is 0. The first-order chi connectivity index (χ1) is 15.4. The van der Waals surface area contributed by atoms with Crippen LogP contribution in [0.15, 0.2) is 47.6 Å². The van der Waals surface area contributed by atoms with E-state index in [9.17, 15) is 13.2 Å². The normalized spacial score (nSPS) is 15.1. The number of likely N-dealkylation sites (tertiary alicyclic amines) is 1. The highest BCUT2D eigenvalue weighted by atomic mass is 19.4. The molecule has 0 aliphatic carbocycles. The van der Waals surface area contributed by atoms with Crippen LogP contribution in [-0.2, 0) is 19.6 Å². The molecule has 0 spiro atoms. The number of halogens is 3. The van der Waals surface area contributed by atoms with E-state index in [-0.39, 0.29) is 5.88 Å². The van der Waals surface area contributed by atoms with Crippen LogP contribution in [0.5, 0.6) is 5.88 Å². The Kier molecular flexibility index (Phi) is 8.72. The maximum absolute atomic E-state index is 12.2. The van der Waals surface area contributed by atoms with Crippen LogP contribution in [0.4, 0.5) is 13.2 Å². The van der Waals surface area contributed by atoms with Crippen molar-refractivity contribution in [3.63, 3.8) is 0 Å². The summed E-state index contributed by atoms with van der Waals surface area (Å²) in [5, 5.41) is 6.50. The minimum absolute atomic E-state index is 0.0618. The van der Waals surface area contributed by atoms with Gasteiger partial charge in [-0.15, -0.1) is 0 Å². The summed E-state index contributed by atoms with van der Waals surface area (Å²) in [5.41, 5.74) is 3.26. The number of hydrogen-bond donors (Lipinski definition) is 2. The van der Waals surface area contributed by atoms with Crippen molar-refractivity contribution in [2.75, 3.05) is 26.2 Å². The first-order valence-corrected chi connectivity index (χ1v) is 10.9. The van der Waals surface area contributed by atoms with Crippen LogP contribution in [0.3, 0.4) is 0 Å². The van der Waals surface area contributed by atoms with E-state index in [1.165, 1.54) is 43.8 Å². The molecule has 0 bridgehead atoms. The maximum atomic E-state index is 12.2. The SMILES string of the molecule is CCNC(=NCc1ccc(OCC(F)(F)F)nc1)NCc1ccc(CN2CCCC2)cc1. The Bertz CT molecular complexity index is 847. The fourth-order valence-electron chi connectivity index (χ4n) is 3.40. The lowest BCUT2D eigenvalue weighted by Crippen LogP contribution is -2.36. The van der Waals surface area contributed by atoms with Gasteiger partial charge in [0.1, 0.15) is 0 Å². The molecule has 174 valence electrons. The average Bonchev–Trinajstić information content (AvgIpc) is 3.28. The minimum atomic E-state index is -4.38. The Labute approximate surface area is 186 Å². The number of aromatic nitrogens is 1. The minimum Gasteiger partial charge on any atom is -0.468 e. The number of benzene rings is 1. The predicted octanol–water partition coefficient (Wildman–Crippen LogP) is 3.87. The number of aliphatic imine (C=N–C) groups is 1. The number of pyridine rings is 1. The molecule has 6 nitrogen and oxygen atoms in total. The van der Waals surface area contributed by atoms with Crippen molar-refractivity contribution in [3.8, 4) is 5.88 Å². The van der Waals surface area contributed by atoms with Crippen LogP contribution < -0.4 is 15.4 Å². The molecule has 1 fully saturated rings. The van der Waals surface area contributed by atoms with Gasteiger partial charge in [-0.1, -0.05) is 30.3 Å². The zero-order valence-electron chi connectivity index (χ0n) is 18.3. The van der Waals surface area contributed by atoms with Crippen molar-refractivity contribution in [2.24, 2.45) is 4.99 Å². The Hall–Kier alpha value is -2.81. The van der Waals surface area contributed by atoms with Crippen molar-refractivity contribution in [1.82, 2.24) is 20.5 Å². The highest BCUT2D eigenvalue weighted by molar-refractivity contribution is 5.79. The summed E-state index contributed by atoms with van der Waals surface area (Å²) in [6, 6.07) is 11.7. The van der Waals surface area contributed by atoms with Crippen LogP contribution in [0, 0.1) is 0 Å². The van der Waals surface area contributed by atoms with Crippen LogP contribution in [-0.4, -0.2) is 48.3 Å². The number of alkyl halides is 3. The van der Waals surface area contributed by atoms with Gasteiger partial charge in [0.25, 0.3) is 0 Å². The Balaban J connectivity index is 1.49. The van der Waals surface area contributed by atoms with Gasteiger partial charge >= 0.3 is 6.18 Å². The number of nitrogens with one attached hydrogen (secondary N) is 2. The standard InChI is InChI=1S/C23H30F3N5O/c1-2-27-22(30-15-20-9-10-21(28-14-20)32-17-23(24,25)26)29-13-18-5-7-19(8-6-18)16-31-11-3-4-12-31/h5-10,14H,2-4,11-13,15-17H2,1H3,(H2,27,29,30). The molecule has 2 N–H and O–H groups in total. The van der Waals surface area contributed by atoms with Gasteiger partial charge in [0.05, 0.1) is 6.54 Å². The van der Waals surface area contributed by atoms with Crippen LogP contribution >= 0.6 is 0 Å². The molecule has 32 heavy (non-hydrogen) atoms. The van der Waals surface area contributed by atoms with Crippen molar-refractivity contribution < 1.29 is 17.9 Å². The molecule has 1 aromatic heterocycles. The van der Waals surface area contributed by atoms with Crippen LogP contribution in [0.2, 0.25) is 0 Å². The number of nitrogens with zero attached hydrogens (tertiary/aromatic N) is 3. The molecule has 1 aliphatic rings. The molecular formula is C23H30F3N5O. The van der Waals surface area contributed by atoms with E-state index in [0.29, 0.717) is 25.6 Å². The van der Waals surface area contributed by atoms with Gasteiger partial charge in [0.15, 0.2) is 12.6 Å². The first-order valence-electron chi connectivity index (χ1n) is 10.9. The number of ether oxygens (including phenoxy) is 1. The van der Waals surface area contributed by atoms with Gasteiger partial charge in [-0.25, -0.2) is 9.98 Å². The van der Waals surface area contributed by atoms with Gasteiger partial charge in [-0.05, 0) is 49.5 Å². The maximum Gasteiger partial charge on any atom is 0.422 e. The molecular weight excluding hydrogens is 419 g/mol. The predicted molar refractivity (Wildman–Crippen MR) is 118 cm³/mol. The second kappa shape index (κ2) is 11.7. The second-order valence-electron chi connectivity index (χ2n) is 7.76. The molecule has 0 unspecified atom stereocenters. The molecule has 9 heteroatoms. The second-order valence-corrected chi connectivity index (χ2v) is 7.76. The lowest BCUT2D eigenvalue weighted by Gasteiger charge is -2.15. The highest BCUT2D eigenvalue weighted by Crippen LogP contribution is 2.17. The van der Waals surface area contributed by atoms with Crippen LogP contribution in [0.25, 0.3) is 0 Å². The van der Waals surface area contributed by atoms with E-state index >= 15 is 0 Å². The smallest absolute Gasteiger partial charge is 0.422 e. The summed E-state index contributed by atoms with van der Waals surface area (Å²) in [5.74, 6) is 0.597. The topological polar surface area (TPSA) is 61.8 Å². The molecule has 1 aromatic carbocycles. The van der Waals surface area contributed by atoms with E-state index < -0.39 is 12.8 Å². The third-order valence-corrected chi connectivity index (χ3v) is 5.03. The third kappa shape index (κ3) is 8.37. The van der Waals surface area contributed by atoms with Crippen molar-refractivity contribution in [3.05, 3.63) is 59.3 Å². The zero-order chi connectivity index (χ0) is 22.8. The molecule has 0 saturated carbocycles. The Morgan fingerprint density at radius 2 is 1.72 bits per heavy atom. The highest BCUT2D eigenvalue weighted by Gasteiger charge is 2.28. The number of guanidine groups is 1. The third-order valence-electron chi connectivity index (χ3n) is 5.03. The molecule has 1 saturated heterocycles. The van der Waals surface area contributed by atoms with Crippen molar-refractivity contribution >= 4 is 5.96 Å². The molecule has 3 rings (SSSR count). The molecule has 2 aromatic rings. The lowest BCUT2D eigenvalue weighted by molar-refractivity contribution is -0.154. The van der Waals surface area contributed by atoms with E-state index in [4.69, 9.17) is 0 Å². The van der Waals surface area contributed by atoms with Gasteiger partial charge in [0.2, 0.25) is 5.88 Å². The summed E-state index contributed by atoms with van der Waals surface area (Å²) >= 11 is 0. The summed E-state index contributed by atoms with van der Waals surface area (Å²) in [6.07, 6.45) is -0.329. The number of rotatable bonds is 9. The van der Waals surface area contributed by atoms with E-state index in [1.807, 2.05) is 6.92 Å². The summed E-state index contributed by atoms with van der Waals surface area (Å²) in [6.45, 7) is 5.70. The largest absolute Gasteiger partial charge is 0.468 e. The summed E-state index contributed by atoms with van der Waals surface area (Å²) in [4.78, 5) is 10.9. The Morgan fingerprint density at radius 3 is 2.34 bits per heavy atom. The average molecular weight is 450 g/mol.